The molecule has 1 aromatic carbocycles. The SMILES string of the molecule is CC(C)c1cccc(C(=O)NC[C@H]2[C@H]3CN(CC(N)=O)C[C@]34CC[C@H]2O4)c1. The third-order valence-electron chi connectivity index (χ3n) is 6.55. The Labute approximate surface area is 160 Å². The number of hydrogen-bond acceptors (Lipinski definition) is 4. The number of carbonyl (C=O) groups is 2. The molecule has 27 heavy (non-hydrogen) atoms. The number of amides is 2. The van der Waals surface area contributed by atoms with Crippen molar-refractivity contribution in [3.05, 3.63) is 35.4 Å². The summed E-state index contributed by atoms with van der Waals surface area (Å²) in [6, 6.07) is 7.84. The van der Waals surface area contributed by atoms with Crippen molar-refractivity contribution in [2.75, 3.05) is 26.2 Å². The van der Waals surface area contributed by atoms with Crippen molar-refractivity contribution >= 4 is 11.8 Å². The summed E-state index contributed by atoms with van der Waals surface area (Å²) in [7, 11) is 0. The zero-order valence-corrected chi connectivity index (χ0v) is 16.1. The van der Waals surface area contributed by atoms with E-state index in [4.69, 9.17) is 10.5 Å². The van der Waals surface area contributed by atoms with E-state index in [0.717, 1.165) is 25.9 Å². The molecule has 6 nitrogen and oxygen atoms in total. The molecule has 3 aliphatic heterocycles. The van der Waals surface area contributed by atoms with Crippen LogP contribution in [0.4, 0.5) is 0 Å². The molecule has 3 saturated heterocycles. The molecule has 4 atom stereocenters. The van der Waals surface area contributed by atoms with Gasteiger partial charge >= 0.3 is 0 Å². The fraction of sp³-hybridized carbons (Fsp3) is 0.619. The largest absolute Gasteiger partial charge is 0.370 e. The van der Waals surface area contributed by atoms with Gasteiger partial charge in [-0.2, -0.15) is 0 Å². The van der Waals surface area contributed by atoms with Gasteiger partial charge in [0.25, 0.3) is 5.91 Å². The van der Waals surface area contributed by atoms with E-state index < -0.39 is 0 Å². The predicted molar refractivity (Wildman–Crippen MR) is 102 cm³/mol. The van der Waals surface area contributed by atoms with Crippen molar-refractivity contribution in [1.29, 1.82) is 0 Å². The molecule has 0 aromatic heterocycles. The molecule has 2 amide bonds. The van der Waals surface area contributed by atoms with Crippen LogP contribution < -0.4 is 11.1 Å². The van der Waals surface area contributed by atoms with E-state index in [9.17, 15) is 9.59 Å². The molecule has 146 valence electrons. The fourth-order valence-electron chi connectivity index (χ4n) is 5.25. The second-order valence-electron chi connectivity index (χ2n) is 8.66. The maximum Gasteiger partial charge on any atom is 0.251 e. The fourth-order valence-corrected chi connectivity index (χ4v) is 5.25. The Kier molecular flexibility index (Phi) is 4.72. The van der Waals surface area contributed by atoms with E-state index in [0.29, 0.717) is 29.9 Å². The monoisotopic (exact) mass is 371 g/mol. The molecule has 0 unspecified atom stereocenters. The van der Waals surface area contributed by atoms with Crippen LogP contribution in [0, 0.1) is 11.8 Å². The van der Waals surface area contributed by atoms with Crippen molar-refractivity contribution in [3.63, 3.8) is 0 Å². The standard InChI is InChI=1S/C21H29N3O3/c1-13(2)14-4-3-5-15(8-14)20(26)23-9-16-17-10-24(11-19(22)25)12-21(17)7-6-18(16)27-21/h3-5,8,13,16-18H,6-7,9-12H2,1-2H3,(H2,22,25)(H,23,26)/t16-,17+,18+,21+/m0/s1. The number of benzene rings is 1. The summed E-state index contributed by atoms with van der Waals surface area (Å²) < 4.78 is 6.35. The first-order valence-corrected chi connectivity index (χ1v) is 9.94. The van der Waals surface area contributed by atoms with Crippen molar-refractivity contribution in [3.8, 4) is 0 Å². The molecule has 0 radical (unpaired) electrons. The van der Waals surface area contributed by atoms with Gasteiger partial charge in [0.1, 0.15) is 0 Å². The van der Waals surface area contributed by atoms with Gasteiger partial charge < -0.3 is 15.8 Å². The van der Waals surface area contributed by atoms with E-state index >= 15 is 0 Å². The van der Waals surface area contributed by atoms with Crippen molar-refractivity contribution in [2.45, 2.75) is 44.3 Å². The van der Waals surface area contributed by atoms with Crippen LogP contribution in [0.15, 0.2) is 24.3 Å². The van der Waals surface area contributed by atoms with Crippen LogP contribution in [0.2, 0.25) is 0 Å². The molecule has 2 bridgehead atoms. The Balaban J connectivity index is 1.41. The lowest BCUT2D eigenvalue weighted by Crippen LogP contribution is -2.41. The van der Waals surface area contributed by atoms with Crippen LogP contribution in [0.25, 0.3) is 0 Å². The van der Waals surface area contributed by atoms with Crippen molar-refractivity contribution in [2.24, 2.45) is 17.6 Å². The number of carbonyl (C=O) groups excluding carboxylic acids is 2. The molecule has 6 heteroatoms. The van der Waals surface area contributed by atoms with Crippen molar-refractivity contribution in [1.82, 2.24) is 10.2 Å². The lowest BCUT2D eigenvalue weighted by Gasteiger charge is -2.29. The van der Waals surface area contributed by atoms with Gasteiger partial charge in [0, 0.05) is 37.0 Å². The summed E-state index contributed by atoms with van der Waals surface area (Å²) in [4.78, 5) is 26.1. The number of hydrogen-bond donors (Lipinski definition) is 2. The van der Waals surface area contributed by atoms with Gasteiger partial charge in [-0.05, 0) is 36.5 Å². The van der Waals surface area contributed by atoms with Gasteiger partial charge in [-0.25, -0.2) is 0 Å². The lowest BCUT2D eigenvalue weighted by molar-refractivity contribution is -0.119. The highest BCUT2D eigenvalue weighted by Gasteiger charge is 2.62. The molecule has 3 aliphatic rings. The van der Waals surface area contributed by atoms with E-state index in [1.54, 1.807) is 0 Å². The number of nitrogens with one attached hydrogen (secondary N) is 1. The molecule has 4 rings (SSSR count). The second-order valence-corrected chi connectivity index (χ2v) is 8.66. The first-order valence-electron chi connectivity index (χ1n) is 9.94. The predicted octanol–water partition coefficient (Wildman–Crippen LogP) is 1.50. The summed E-state index contributed by atoms with van der Waals surface area (Å²) in [5.41, 5.74) is 7.10. The highest BCUT2D eigenvalue weighted by atomic mass is 16.5. The topological polar surface area (TPSA) is 84.7 Å². The van der Waals surface area contributed by atoms with Gasteiger partial charge in [0.15, 0.2) is 0 Å². The van der Waals surface area contributed by atoms with Crippen LogP contribution in [0.3, 0.4) is 0 Å². The first kappa shape index (κ1) is 18.4. The minimum atomic E-state index is -0.296. The first-order chi connectivity index (χ1) is 12.9. The summed E-state index contributed by atoms with van der Waals surface area (Å²) in [6.45, 7) is 6.75. The Morgan fingerprint density at radius 2 is 2.22 bits per heavy atom. The van der Waals surface area contributed by atoms with E-state index in [2.05, 4.69) is 30.1 Å². The molecule has 1 spiro atoms. The zero-order valence-electron chi connectivity index (χ0n) is 16.1. The quantitative estimate of drug-likeness (QED) is 0.794. The number of primary amides is 1. The van der Waals surface area contributed by atoms with E-state index in [1.165, 1.54) is 5.56 Å². The average Bonchev–Trinajstić information content (AvgIpc) is 3.27. The normalized spacial score (nSPS) is 32.0. The molecule has 1 aromatic rings. The van der Waals surface area contributed by atoms with Gasteiger partial charge in [-0.3, -0.25) is 14.5 Å². The Hall–Kier alpha value is -1.92. The Bertz CT molecular complexity index is 750. The molecule has 3 heterocycles. The van der Waals surface area contributed by atoms with E-state index in [1.807, 2.05) is 18.2 Å². The zero-order chi connectivity index (χ0) is 19.2. The second kappa shape index (κ2) is 6.91. The minimum absolute atomic E-state index is 0.0266. The number of nitrogens with two attached hydrogens (primary N) is 1. The highest BCUT2D eigenvalue weighted by molar-refractivity contribution is 5.94. The molecule has 3 fully saturated rings. The molecule has 0 aliphatic carbocycles. The number of nitrogens with zero attached hydrogens (tertiary/aromatic N) is 1. The van der Waals surface area contributed by atoms with Crippen LogP contribution >= 0.6 is 0 Å². The van der Waals surface area contributed by atoms with Crippen LogP contribution in [-0.2, 0) is 9.53 Å². The summed E-state index contributed by atoms with van der Waals surface area (Å²) in [5.74, 6) is 0.732. The van der Waals surface area contributed by atoms with Crippen molar-refractivity contribution < 1.29 is 14.3 Å². The minimum Gasteiger partial charge on any atom is -0.370 e. The molecular formula is C21H29N3O3. The van der Waals surface area contributed by atoms with Crippen LogP contribution in [0.1, 0.15) is 48.5 Å². The maximum absolute atomic E-state index is 12.7. The van der Waals surface area contributed by atoms with Gasteiger partial charge in [-0.15, -0.1) is 0 Å². The number of ether oxygens (including phenoxy) is 1. The Morgan fingerprint density at radius 3 is 2.96 bits per heavy atom. The highest BCUT2D eigenvalue weighted by Crippen LogP contribution is 2.54. The number of likely N-dealkylation sites (tertiary alicyclic amines) is 1. The van der Waals surface area contributed by atoms with Gasteiger partial charge in [-0.1, -0.05) is 26.0 Å². The summed E-state index contributed by atoms with van der Waals surface area (Å²) in [5, 5.41) is 3.13. The van der Waals surface area contributed by atoms with Crippen LogP contribution in [-0.4, -0.2) is 54.6 Å². The van der Waals surface area contributed by atoms with Gasteiger partial charge in [0.2, 0.25) is 5.91 Å². The third-order valence-corrected chi connectivity index (χ3v) is 6.55. The van der Waals surface area contributed by atoms with Crippen LogP contribution in [0.5, 0.6) is 0 Å². The average molecular weight is 371 g/mol. The summed E-state index contributed by atoms with van der Waals surface area (Å²) >= 11 is 0. The number of fused-ring (bicyclic) bond motifs is 1. The van der Waals surface area contributed by atoms with E-state index in [-0.39, 0.29) is 30.1 Å². The molecule has 0 saturated carbocycles. The third kappa shape index (κ3) is 3.36. The maximum atomic E-state index is 12.7. The number of rotatable bonds is 6. The smallest absolute Gasteiger partial charge is 0.251 e. The molecule has 3 N–H and O–H groups in total. The Morgan fingerprint density at radius 1 is 1.41 bits per heavy atom. The molecular weight excluding hydrogens is 342 g/mol. The van der Waals surface area contributed by atoms with Gasteiger partial charge in [0.05, 0.1) is 18.2 Å². The summed E-state index contributed by atoms with van der Waals surface area (Å²) in [6.07, 6.45) is 2.29. The lowest BCUT2D eigenvalue weighted by atomic mass is 9.73.